The van der Waals surface area contributed by atoms with Crippen molar-refractivity contribution in [3.63, 3.8) is 0 Å². The SMILES string of the molecule is CC(C(=O)N(C)C)N1C[C@@H]2CCN[C@@H]2C1. The minimum absolute atomic E-state index is 0.0346. The van der Waals surface area contributed by atoms with Crippen LogP contribution in [0, 0.1) is 5.92 Å². The van der Waals surface area contributed by atoms with E-state index >= 15 is 0 Å². The van der Waals surface area contributed by atoms with E-state index < -0.39 is 0 Å². The second kappa shape index (κ2) is 4.10. The molecule has 1 unspecified atom stereocenters. The van der Waals surface area contributed by atoms with E-state index in [-0.39, 0.29) is 11.9 Å². The lowest BCUT2D eigenvalue weighted by Crippen LogP contribution is -2.44. The molecule has 1 N–H and O–H groups in total. The number of amides is 1. The van der Waals surface area contributed by atoms with Gasteiger partial charge in [0.05, 0.1) is 6.04 Å². The number of carbonyl (C=O) groups is 1. The number of nitrogens with one attached hydrogen (secondary N) is 1. The average molecular weight is 211 g/mol. The number of carbonyl (C=O) groups excluding carboxylic acids is 1. The quantitative estimate of drug-likeness (QED) is 0.684. The van der Waals surface area contributed by atoms with Crippen LogP contribution in [0.3, 0.4) is 0 Å². The molecule has 4 nitrogen and oxygen atoms in total. The van der Waals surface area contributed by atoms with Crippen LogP contribution in [0.4, 0.5) is 0 Å². The van der Waals surface area contributed by atoms with Gasteiger partial charge in [0.25, 0.3) is 0 Å². The van der Waals surface area contributed by atoms with Gasteiger partial charge in [-0.15, -0.1) is 0 Å². The summed E-state index contributed by atoms with van der Waals surface area (Å²) in [6, 6.07) is 0.662. The summed E-state index contributed by atoms with van der Waals surface area (Å²) in [4.78, 5) is 15.8. The summed E-state index contributed by atoms with van der Waals surface area (Å²) in [7, 11) is 3.65. The van der Waals surface area contributed by atoms with Gasteiger partial charge in [0.15, 0.2) is 0 Å². The molecule has 2 fully saturated rings. The van der Waals surface area contributed by atoms with Crippen LogP contribution in [0.5, 0.6) is 0 Å². The first kappa shape index (κ1) is 10.9. The Labute approximate surface area is 91.6 Å². The Morgan fingerprint density at radius 3 is 2.80 bits per heavy atom. The zero-order chi connectivity index (χ0) is 11.0. The maximum absolute atomic E-state index is 11.8. The van der Waals surface area contributed by atoms with Crippen molar-refractivity contribution in [2.45, 2.75) is 25.4 Å². The topological polar surface area (TPSA) is 35.6 Å². The molecule has 0 bridgehead atoms. The van der Waals surface area contributed by atoms with Crippen LogP contribution in [0.25, 0.3) is 0 Å². The number of likely N-dealkylation sites (N-methyl/N-ethyl adjacent to an activating group) is 1. The van der Waals surface area contributed by atoms with Crippen molar-refractivity contribution >= 4 is 5.91 Å². The summed E-state index contributed by atoms with van der Waals surface area (Å²) in [5.41, 5.74) is 0. The lowest BCUT2D eigenvalue weighted by atomic mass is 10.1. The molecule has 15 heavy (non-hydrogen) atoms. The van der Waals surface area contributed by atoms with Crippen molar-refractivity contribution in [3.05, 3.63) is 0 Å². The zero-order valence-corrected chi connectivity index (χ0v) is 9.86. The Bertz CT molecular complexity index is 242. The predicted molar refractivity (Wildman–Crippen MR) is 59.6 cm³/mol. The molecule has 2 aliphatic rings. The zero-order valence-electron chi connectivity index (χ0n) is 9.86. The standard InChI is InChI=1S/C11H21N3O/c1-8(11(15)13(2)3)14-6-9-4-5-12-10(9)7-14/h8-10,12H,4-7H2,1-3H3/t8?,9-,10+/m0/s1. The van der Waals surface area contributed by atoms with Gasteiger partial charge in [-0.1, -0.05) is 0 Å². The summed E-state index contributed by atoms with van der Waals surface area (Å²) in [5.74, 6) is 0.984. The van der Waals surface area contributed by atoms with Crippen molar-refractivity contribution in [1.29, 1.82) is 0 Å². The van der Waals surface area contributed by atoms with E-state index in [0.717, 1.165) is 25.6 Å². The summed E-state index contributed by atoms with van der Waals surface area (Å²) in [5, 5.41) is 3.50. The van der Waals surface area contributed by atoms with Gasteiger partial charge in [0.1, 0.15) is 0 Å². The van der Waals surface area contributed by atoms with Crippen molar-refractivity contribution in [3.8, 4) is 0 Å². The number of fused-ring (bicyclic) bond motifs is 1. The Hall–Kier alpha value is -0.610. The van der Waals surface area contributed by atoms with E-state index in [1.807, 2.05) is 21.0 Å². The Kier molecular flexibility index (Phi) is 2.98. The summed E-state index contributed by atoms with van der Waals surface area (Å²) < 4.78 is 0. The fourth-order valence-corrected chi connectivity index (χ4v) is 2.73. The lowest BCUT2D eigenvalue weighted by Gasteiger charge is -2.26. The normalized spacial score (nSPS) is 32.7. The molecule has 2 heterocycles. The lowest BCUT2D eigenvalue weighted by molar-refractivity contribution is -0.133. The van der Waals surface area contributed by atoms with Crippen molar-refractivity contribution in [1.82, 2.24) is 15.1 Å². The van der Waals surface area contributed by atoms with Crippen molar-refractivity contribution in [2.24, 2.45) is 5.92 Å². The highest BCUT2D eigenvalue weighted by atomic mass is 16.2. The Morgan fingerprint density at radius 1 is 1.47 bits per heavy atom. The second-order valence-corrected chi connectivity index (χ2v) is 4.97. The third-order valence-electron chi connectivity index (χ3n) is 3.74. The molecular formula is C11H21N3O. The third-order valence-corrected chi connectivity index (χ3v) is 3.74. The predicted octanol–water partition coefficient (Wildman–Crippen LogP) is -0.243. The highest BCUT2D eigenvalue weighted by Gasteiger charge is 2.39. The number of hydrogen-bond acceptors (Lipinski definition) is 3. The van der Waals surface area contributed by atoms with Crippen LogP contribution in [-0.4, -0.2) is 61.5 Å². The van der Waals surface area contributed by atoms with Crippen molar-refractivity contribution < 1.29 is 4.79 Å². The van der Waals surface area contributed by atoms with E-state index in [9.17, 15) is 4.79 Å². The monoisotopic (exact) mass is 211 g/mol. The second-order valence-electron chi connectivity index (χ2n) is 4.97. The van der Waals surface area contributed by atoms with Gasteiger partial charge in [-0.05, 0) is 25.8 Å². The maximum atomic E-state index is 11.8. The first-order chi connectivity index (χ1) is 7.09. The van der Waals surface area contributed by atoms with Gasteiger partial charge in [0.2, 0.25) is 5.91 Å². The molecular weight excluding hydrogens is 190 g/mol. The molecule has 4 heteroatoms. The fourth-order valence-electron chi connectivity index (χ4n) is 2.73. The van der Waals surface area contributed by atoms with Crippen LogP contribution in [-0.2, 0) is 4.79 Å². The smallest absolute Gasteiger partial charge is 0.239 e. The largest absolute Gasteiger partial charge is 0.347 e. The molecule has 0 radical (unpaired) electrons. The van der Waals surface area contributed by atoms with Gasteiger partial charge in [-0.2, -0.15) is 0 Å². The highest BCUT2D eigenvalue weighted by Crippen LogP contribution is 2.26. The molecule has 0 saturated carbocycles. The number of hydrogen-bond donors (Lipinski definition) is 1. The molecule has 86 valence electrons. The van der Waals surface area contributed by atoms with Gasteiger partial charge in [0, 0.05) is 33.2 Å². The molecule has 2 aliphatic heterocycles. The first-order valence-corrected chi connectivity index (χ1v) is 5.78. The number of likely N-dealkylation sites (tertiary alicyclic amines) is 1. The van der Waals surface area contributed by atoms with Crippen LogP contribution in [0.15, 0.2) is 0 Å². The fraction of sp³-hybridized carbons (Fsp3) is 0.909. The van der Waals surface area contributed by atoms with Crippen LogP contribution in [0.2, 0.25) is 0 Å². The van der Waals surface area contributed by atoms with Crippen LogP contribution in [0.1, 0.15) is 13.3 Å². The minimum atomic E-state index is 0.0346. The highest BCUT2D eigenvalue weighted by molar-refractivity contribution is 5.81. The van der Waals surface area contributed by atoms with Gasteiger partial charge >= 0.3 is 0 Å². The van der Waals surface area contributed by atoms with Gasteiger partial charge in [-0.3, -0.25) is 9.69 Å². The first-order valence-electron chi connectivity index (χ1n) is 5.78. The van der Waals surface area contributed by atoms with Gasteiger partial charge < -0.3 is 10.2 Å². The third kappa shape index (κ3) is 2.01. The van der Waals surface area contributed by atoms with Gasteiger partial charge in [-0.25, -0.2) is 0 Å². The Morgan fingerprint density at radius 2 is 2.20 bits per heavy atom. The van der Waals surface area contributed by atoms with E-state index in [1.165, 1.54) is 6.42 Å². The summed E-state index contributed by atoms with van der Waals surface area (Å²) in [6.45, 7) is 5.28. The molecule has 0 aromatic carbocycles. The molecule has 0 aromatic rings. The molecule has 0 spiro atoms. The average Bonchev–Trinajstić information content (AvgIpc) is 2.74. The van der Waals surface area contributed by atoms with E-state index in [2.05, 4.69) is 10.2 Å². The Balaban J connectivity index is 1.93. The van der Waals surface area contributed by atoms with Crippen LogP contribution < -0.4 is 5.32 Å². The molecule has 3 atom stereocenters. The molecule has 0 aromatic heterocycles. The molecule has 1 amide bonds. The maximum Gasteiger partial charge on any atom is 0.239 e. The number of rotatable bonds is 2. The summed E-state index contributed by atoms with van der Waals surface area (Å²) in [6.07, 6.45) is 1.27. The van der Waals surface area contributed by atoms with Crippen molar-refractivity contribution in [2.75, 3.05) is 33.7 Å². The van der Waals surface area contributed by atoms with E-state index in [4.69, 9.17) is 0 Å². The number of nitrogens with zero attached hydrogens (tertiary/aromatic N) is 2. The minimum Gasteiger partial charge on any atom is -0.347 e. The summed E-state index contributed by atoms with van der Waals surface area (Å²) >= 11 is 0. The van der Waals surface area contributed by atoms with Crippen LogP contribution >= 0.6 is 0 Å². The molecule has 2 rings (SSSR count). The molecule has 0 aliphatic carbocycles. The van der Waals surface area contributed by atoms with E-state index in [0.29, 0.717) is 6.04 Å². The molecule has 2 saturated heterocycles. The van der Waals surface area contributed by atoms with E-state index in [1.54, 1.807) is 4.90 Å².